The van der Waals surface area contributed by atoms with E-state index in [-0.39, 0.29) is 12.7 Å². The molecule has 7 heteroatoms. The van der Waals surface area contributed by atoms with Crippen LogP contribution >= 0.6 is 11.8 Å². The molecule has 0 radical (unpaired) electrons. The molecular formula is C21H21N3O3S. The van der Waals surface area contributed by atoms with Crippen LogP contribution in [0.25, 0.3) is 0 Å². The van der Waals surface area contributed by atoms with Crippen molar-refractivity contribution in [1.82, 2.24) is 9.55 Å². The summed E-state index contributed by atoms with van der Waals surface area (Å²) in [5, 5.41) is 3.90. The van der Waals surface area contributed by atoms with Crippen molar-refractivity contribution >= 4 is 23.4 Å². The number of imidazole rings is 1. The maximum Gasteiger partial charge on any atom is 0.234 e. The standard InChI is InChI=1S/C21H21N3O3S/c1-2-24-19(10-15-6-4-3-5-7-15)22-12-21(24)28-13-20(25)23-16-8-9-17-18(11-16)27-14-26-17/h3-9,11-12H,2,10,13-14H2,1H3,(H,23,25). The normalized spacial score (nSPS) is 12.2. The van der Waals surface area contributed by atoms with Gasteiger partial charge in [-0.2, -0.15) is 0 Å². The van der Waals surface area contributed by atoms with Crippen LogP contribution in [0.2, 0.25) is 0 Å². The lowest BCUT2D eigenvalue weighted by molar-refractivity contribution is -0.113. The van der Waals surface area contributed by atoms with Crippen LogP contribution in [0.1, 0.15) is 18.3 Å². The lowest BCUT2D eigenvalue weighted by atomic mass is 10.1. The number of carbonyl (C=O) groups excluding carboxylic acids is 1. The average molecular weight is 395 g/mol. The summed E-state index contributed by atoms with van der Waals surface area (Å²) in [6.07, 6.45) is 2.62. The highest BCUT2D eigenvalue weighted by Gasteiger charge is 2.15. The Kier molecular flexibility index (Phi) is 5.53. The summed E-state index contributed by atoms with van der Waals surface area (Å²) < 4.78 is 12.8. The number of nitrogens with zero attached hydrogens (tertiary/aromatic N) is 2. The van der Waals surface area contributed by atoms with E-state index in [2.05, 4.69) is 33.9 Å². The van der Waals surface area contributed by atoms with Gasteiger partial charge in [0.25, 0.3) is 0 Å². The van der Waals surface area contributed by atoms with Gasteiger partial charge in [-0.05, 0) is 24.6 Å². The van der Waals surface area contributed by atoms with Crippen LogP contribution in [0.15, 0.2) is 59.8 Å². The minimum absolute atomic E-state index is 0.0719. The maximum atomic E-state index is 12.3. The molecule has 0 atom stereocenters. The number of benzene rings is 2. The van der Waals surface area contributed by atoms with E-state index in [1.54, 1.807) is 12.1 Å². The molecule has 1 aliphatic rings. The number of thioether (sulfide) groups is 1. The van der Waals surface area contributed by atoms with Crippen molar-refractivity contribution in [1.29, 1.82) is 0 Å². The number of hydrogen-bond acceptors (Lipinski definition) is 5. The van der Waals surface area contributed by atoms with Gasteiger partial charge in [-0.1, -0.05) is 42.1 Å². The second-order valence-electron chi connectivity index (χ2n) is 6.32. The molecule has 0 unspecified atom stereocenters. The van der Waals surface area contributed by atoms with E-state index in [1.165, 1.54) is 17.3 Å². The molecule has 6 nitrogen and oxygen atoms in total. The van der Waals surface area contributed by atoms with Gasteiger partial charge in [0.1, 0.15) is 5.82 Å². The number of aromatic nitrogens is 2. The van der Waals surface area contributed by atoms with Gasteiger partial charge in [0.2, 0.25) is 12.7 Å². The lowest BCUT2D eigenvalue weighted by Gasteiger charge is -2.10. The number of fused-ring (bicyclic) bond motifs is 1. The van der Waals surface area contributed by atoms with Gasteiger partial charge in [0.05, 0.1) is 17.0 Å². The number of amides is 1. The molecule has 3 aromatic rings. The zero-order chi connectivity index (χ0) is 19.3. The van der Waals surface area contributed by atoms with Crippen LogP contribution in [-0.2, 0) is 17.8 Å². The van der Waals surface area contributed by atoms with E-state index < -0.39 is 0 Å². The lowest BCUT2D eigenvalue weighted by Crippen LogP contribution is -2.14. The highest BCUT2D eigenvalue weighted by atomic mass is 32.2. The number of rotatable bonds is 7. The maximum absolute atomic E-state index is 12.3. The zero-order valence-electron chi connectivity index (χ0n) is 15.6. The van der Waals surface area contributed by atoms with Gasteiger partial charge >= 0.3 is 0 Å². The van der Waals surface area contributed by atoms with Gasteiger partial charge in [-0.25, -0.2) is 4.98 Å². The van der Waals surface area contributed by atoms with Crippen LogP contribution < -0.4 is 14.8 Å². The van der Waals surface area contributed by atoms with Gasteiger partial charge in [0.15, 0.2) is 11.5 Å². The molecule has 2 aromatic carbocycles. The van der Waals surface area contributed by atoms with Crippen LogP contribution in [0.5, 0.6) is 11.5 Å². The molecular weight excluding hydrogens is 374 g/mol. The summed E-state index contributed by atoms with van der Waals surface area (Å²) in [6, 6.07) is 15.7. The summed E-state index contributed by atoms with van der Waals surface area (Å²) in [7, 11) is 0. The molecule has 0 fully saturated rings. The third-order valence-electron chi connectivity index (χ3n) is 4.43. The van der Waals surface area contributed by atoms with Crippen LogP contribution in [-0.4, -0.2) is 28.0 Å². The number of carbonyl (C=O) groups is 1. The van der Waals surface area contributed by atoms with Crippen molar-refractivity contribution in [2.75, 3.05) is 17.9 Å². The van der Waals surface area contributed by atoms with Crippen molar-refractivity contribution in [2.24, 2.45) is 0 Å². The topological polar surface area (TPSA) is 65.4 Å². The second kappa shape index (κ2) is 8.39. The minimum Gasteiger partial charge on any atom is -0.454 e. The van der Waals surface area contributed by atoms with Gasteiger partial charge in [-0.15, -0.1) is 0 Å². The molecule has 1 aliphatic heterocycles. The van der Waals surface area contributed by atoms with E-state index in [9.17, 15) is 4.79 Å². The summed E-state index contributed by atoms with van der Waals surface area (Å²) in [5.74, 6) is 2.60. The van der Waals surface area contributed by atoms with E-state index in [0.29, 0.717) is 22.9 Å². The molecule has 1 amide bonds. The van der Waals surface area contributed by atoms with Crippen molar-refractivity contribution < 1.29 is 14.3 Å². The SMILES string of the molecule is CCn1c(SCC(=O)Nc2ccc3c(c2)OCO3)cnc1Cc1ccccc1. The molecule has 0 spiro atoms. The summed E-state index contributed by atoms with van der Waals surface area (Å²) >= 11 is 1.49. The Morgan fingerprint density at radius 2 is 2.00 bits per heavy atom. The van der Waals surface area contributed by atoms with E-state index in [4.69, 9.17) is 9.47 Å². The van der Waals surface area contributed by atoms with Gasteiger partial charge < -0.3 is 19.4 Å². The summed E-state index contributed by atoms with van der Waals surface area (Å²) in [4.78, 5) is 16.9. The molecule has 2 heterocycles. The Bertz CT molecular complexity index is 972. The molecule has 144 valence electrons. The van der Waals surface area contributed by atoms with E-state index in [0.717, 1.165) is 23.8 Å². The van der Waals surface area contributed by atoms with Crippen molar-refractivity contribution in [3.63, 3.8) is 0 Å². The van der Waals surface area contributed by atoms with Crippen LogP contribution in [0, 0.1) is 0 Å². The first-order valence-electron chi connectivity index (χ1n) is 9.13. The predicted octanol–water partition coefficient (Wildman–Crippen LogP) is 3.95. The molecule has 4 rings (SSSR count). The van der Waals surface area contributed by atoms with E-state index in [1.807, 2.05) is 30.5 Å². The number of anilines is 1. The largest absolute Gasteiger partial charge is 0.454 e. The Morgan fingerprint density at radius 3 is 2.82 bits per heavy atom. The number of hydrogen-bond donors (Lipinski definition) is 1. The summed E-state index contributed by atoms with van der Waals surface area (Å²) in [6.45, 7) is 3.12. The molecule has 1 aromatic heterocycles. The number of nitrogens with one attached hydrogen (secondary N) is 1. The highest BCUT2D eigenvalue weighted by Crippen LogP contribution is 2.34. The molecule has 0 aliphatic carbocycles. The molecule has 0 saturated carbocycles. The quantitative estimate of drug-likeness (QED) is 0.614. The Morgan fingerprint density at radius 1 is 1.18 bits per heavy atom. The Balaban J connectivity index is 1.37. The fourth-order valence-electron chi connectivity index (χ4n) is 3.08. The summed E-state index contributed by atoms with van der Waals surface area (Å²) in [5.41, 5.74) is 1.92. The highest BCUT2D eigenvalue weighted by molar-refractivity contribution is 7.99. The van der Waals surface area contributed by atoms with Crippen molar-refractivity contribution in [2.45, 2.75) is 24.9 Å². The first kappa shape index (κ1) is 18.4. The van der Waals surface area contributed by atoms with Crippen LogP contribution in [0.4, 0.5) is 5.69 Å². The molecule has 1 N–H and O–H groups in total. The Labute approximate surface area is 167 Å². The van der Waals surface area contributed by atoms with Crippen molar-refractivity contribution in [3.05, 3.63) is 66.1 Å². The third-order valence-corrected chi connectivity index (χ3v) is 5.46. The fourth-order valence-corrected chi connectivity index (χ4v) is 3.95. The number of ether oxygens (including phenoxy) is 2. The van der Waals surface area contributed by atoms with Gasteiger partial charge in [-0.3, -0.25) is 4.79 Å². The zero-order valence-corrected chi connectivity index (χ0v) is 16.4. The predicted molar refractivity (Wildman–Crippen MR) is 109 cm³/mol. The first-order valence-corrected chi connectivity index (χ1v) is 10.1. The fraction of sp³-hybridized carbons (Fsp3) is 0.238. The van der Waals surface area contributed by atoms with Crippen LogP contribution in [0.3, 0.4) is 0 Å². The smallest absolute Gasteiger partial charge is 0.234 e. The Hall–Kier alpha value is -2.93. The first-order chi connectivity index (χ1) is 13.7. The molecule has 0 saturated heterocycles. The third kappa shape index (κ3) is 4.14. The molecule has 0 bridgehead atoms. The second-order valence-corrected chi connectivity index (χ2v) is 7.32. The molecule has 28 heavy (non-hydrogen) atoms. The minimum atomic E-state index is -0.0719. The average Bonchev–Trinajstić information content (AvgIpc) is 3.33. The monoisotopic (exact) mass is 395 g/mol. The van der Waals surface area contributed by atoms with Gasteiger partial charge in [0, 0.05) is 24.7 Å². The van der Waals surface area contributed by atoms with E-state index >= 15 is 0 Å². The van der Waals surface area contributed by atoms with Crippen molar-refractivity contribution in [3.8, 4) is 11.5 Å².